The highest BCUT2D eigenvalue weighted by molar-refractivity contribution is 5.83. The van der Waals surface area contributed by atoms with Gasteiger partial charge < -0.3 is 8.97 Å². The lowest BCUT2D eigenvalue weighted by atomic mass is 10.0. The van der Waals surface area contributed by atoms with Crippen LogP contribution in [0.25, 0.3) is 22.3 Å². The van der Waals surface area contributed by atoms with Gasteiger partial charge in [0.05, 0.1) is 18.0 Å². The molecule has 4 heteroatoms. The zero-order chi connectivity index (χ0) is 15.1. The minimum absolute atomic E-state index is 1.01. The molecule has 108 valence electrons. The summed E-state index contributed by atoms with van der Waals surface area (Å²) in [5, 5.41) is 0. The molecule has 0 aliphatic carbocycles. The lowest BCUT2D eigenvalue weighted by Gasteiger charge is -2.10. The molecule has 0 unspecified atom stereocenters. The Kier molecular flexibility index (Phi) is 2.82. The third-order valence-electron chi connectivity index (χ3n) is 4.06. The molecule has 0 bridgehead atoms. The maximum absolute atomic E-state index is 4.43. The first kappa shape index (κ1) is 12.8. The van der Waals surface area contributed by atoms with E-state index in [1.165, 1.54) is 16.7 Å². The van der Waals surface area contributed by atoms with Gasteiger partial charge in [0, 0.05) is 29.8 Å². The molecule has 3 heterocycles. The largest absolute Gasteiger partial charge is 0.306 e. The Bertz CT molecular complexity index is 931. The quantitative estimate of drug-likeness (QED) is 0.562. The second-order valence-electron chi connectivity index (χ2n) is 5.45. The predicted molar refractivity (Wildman–Crippen MR) is 87.2 cm³/mol. The van der Waals surface area contributed by atoms with Crippen LogP contribution >= 0.6 is 0 Å². The Morgan fingerprint density at radius 2 is 1.77 bits per heavy atom. The average Bonchev–Trinajstić information content (AvgIpc) is 3.18. The minimum atomic E-state index is 1.01. The minimum Gasteiger partial charge on any atom is -0.306 e. The molecule has 0 spiro atoms. The summed E-state index contributed by atoms with van der Waals surface area (Å²) in [6.45, 7) is 4.16. The van der Waals surface area contributed by atoms with E-state index in [4.69, 9.17) is 0 Å². The van der Waals surface area contributed by atoms with Crippen molar-refractivity contribution < 1.29 is 0 Å². The van der Waals surface area contributed by atoms with E-state index in [1.54, 1.807) is 12.5 Å². The van der Waals surface area contributed by atoms with Crippen molar-refractivity contribution in [3.63, 3.8) is 0 Å². The summed E-state index contributed by atoms with van der Waals surface area (Å²) in [6.07, 6.45) is 9.56. The molecular formula is C18H16N4. The third-order valence-corrected chi connectivity index (χ3v) is 4.06. The molecule has 0 saturated heterocycles. The van der Waals surface area contributed by atoms with Crippen LogP contribution in [0.3, 0.4) is 0 Å². The Hall–Kier alpha value is -2.88. The zero-order valence-electron chi connectivity index (χ0n) is 12.6. The first-order valence-electron chi connectivity index (χ1n) is 7.26. The van der Waals surface area contributed by atoms with Gasteiger partial charge in [-0.05, 0) is 43.2 Å². The van der Waals surface area contributed by atoms with Crippen LogP contribution in [0.4, 0.5) is 0 Å². The molecule has 4 nitrogen and oxygen atoms in total. The van der Waals surface area contributed by atoms with E-state index in [2.05, 4.69) is 57.8 Å². The van der Waals surface area contributed by atoms with Crippen LogP contribution in [0.1, 0.15) is 11.4 Å². The monoisotopic (exact) mass is 288 g/mol. The Labute approximate surface area is 128 Å². The molecule has 1 aromatic carbocycles. The van der Waals surface area contributed by atoms with Crippen LogP contribution in [0.15, 0.2) is 61.4 Å². The lowest BCUT2D eigenvalue weighted by Crippen LogP contribution is -1.94. The van der Waals surface area contributed by atoms with Crippen molar-refractivity contribution in [2.75, 3.05) is 0 Å². The summed E-state index contributed by atoms with van der Waals surface area (Å²) >= 11 is 0. The van der Waals surface area contributed by atoms with Gasteiger partial charge in [-0.3, -0.25) is 0 Å². The van der Waals surface area contributed by atoms with Gasteiger partial charge in [0.2, 0.25) is 0 Å². The SMILES string of the molecule is Cc1ccn2c(C)ncc2c1-c1ccc(-n2ccnc2)cc1. The normalized spacial score (nSPS) is 11.2. The highest BCUT2D eigenvalue weighted by Crippen LogP contribution is 2.29. The summed E-state index contributed by atoms with van der Waals surface area (Å²) in [6, 6.07) is 10.7. The van der Waals surface area contributed by atoms with E-state index in [0.29, 0.717) is 0 Å². The Balaban J connectivity index is 1.87. The Morgan fingerprint density at radius 1 is 0.955 bits per heavy atom. The molecule has 0 atom stereocenters. The van der Waals surface area contributed by atoms with Crippen LogP contribution in [0, 0.1) is 13.8 Å². The third kappa shape index (κ3) is 1.92. The molecule has 4 aromatic rings. The van der Waals surface area contributed by atoms with E-state index < -0.39 is 0 Å². The van der Waals surface area contributed by atoms with Gasteiger partial charge in [-0.15, -0.1) is 0 Å². The van der Waals surface area contributed by atoms with E-state index in [1.807, 2.05) is 23.9 Å². The number of hydrogen-bond donors (Lipinski definition) is 0. The number of imidazole rings is 2. The highest BCUT2D eigenvalue weighted by atomic mass is 15.0. The van der Waals surface area contributed by atoms with Crippen LogP contribution in [0.5, 0.6) is 0 Å². The fourth-order valence-corrected chi connectivity index (χ4v) is 2.89. The lowest BCUT2D eigenvalue weighted by molar-refractivity contribution is 1.04. The molecular weight excluding hydrogens is 272 g/mol. The molecule has 0 fully saturated rings. The number of aryl methyl sites for hydroxylation is 2. The molecule has 0 amide bonds. The van der Waals surface area contributed by atoms with E-state index in [9.17, 15) is 0 Å². The first-order valence-corrected chi connectivity index (χ1v) is 7.26. The van der Waals surface area contributed by atoms with Gasteiger partial charge in [-0.25, -0.2) is 9.97 Å². The average molecular weight is 288 g/mol. The molecule has 0 radical (unpaired) electrons. The number of hydrogen-bond acceptors (Lipinski definition) is 2. The van der Waals surface area contributed by atoms with Gasteiger partial charge in [-0.1, -0.05) is 12.1 Å². The van der Waals surface area contributed by atoms with Crippen LogP contribution in [-0.4, -0.2) is 18.9 Å². The molecule has 22 heavy (non-hydrogen) atoms. The molecule has 0 saturated carbocycles. The summed E-state index contributed by atoms with van der Waals surface area (Å²) in [7, 11) is 0. The summed E-state index contributed by atoms with van der Waals surface area (Å²) in [5.74, 6) is 1.01. The summed E-state index contributed by atoms with van der Waals surface area (Å²) in [5.41, 5.74) is 5.94. The van der Waals surface area contributed by atoms with Crippen molar-refractivity contribution >= 4 is 5.52 Å². The number of nitrogens with zero attached hydrogens (tertiary/aromatic N) is 4. The second-order valence-corrected chi connectivity index (χ2v) is 5.45. The van der Waals surface area contributed by atoms with Crippen molar-refractivity contribution in [2.45, 2.75) is 13.8 Å². The summed E-state index contributed by atoms with van der Waals surface area (Å²) < 4.78 is 4.13. The van der Waals surface area contributed by atoms with Gasteiger partial charge in [0.1, 0.15) is 5.82 Å². The van der Waals surface area contributed by atoms with Crippen LogP contribution in [0.2, 0.25) is 0 Å². The van der Waals surface area contributed by atoms with Crippen molar-refractivity contribution in [1.82, 2.24) is 18.9 Å². The molecule has 0 N–H and O–H groups in total. The number of fused-ring (bicyclic) bond motifs is 1. The fourth-order valence-electron chi connectivity index (χ4n) is 2.89. The highest BCUT2D eigenvalue weighted by Gasteiger charge is 2.10. The van der Waals surface area contributed by atoms with E-state index in [0.717, 1.165) is 17.0 Å². The Morgan fingerprint density at radius 3 is 2.50 bits per heavy atom. The number of rotatable bonds is 2. The van der Waals surface area contributed by atoms with Crippen molar-refractivity contribution in [2.24, 2.45) is 0 Å². The van der Waals surface area contributed by atoms with Gasteiger partial charge in [0.15, 0.2) is 0 Å². The standard InChI is InChI=1S/C18H16N4/c1-13-7-9-22-14(2)20-11-17(22)18(13)15-3-5-16(6-4-15)21-10-8-19-12-21/h3-12H,1-2H3. The molecule has 0 aliphatic rings. The van der Waals surface area contributed by atoms with Crippen molar-refractivity contribution in [3.8, 4) is 16.8 Å². The maximum atomic E-state index is 4.43. The zero-order valence-corrected chi connectivity index (χ0v) is 12.6. The maximum Gasteiger partial charge on any atom is 0.110 e. The molecule has 4 rings (SSSR count). The van der Waals surface area contributed by atoms with Crippen LogP contribution in [-0.2, 0) is 0 Å². The first-order chi connectivity index (χ1) is 10.7. The van der Waals surface area contributed by atoms with E-state index in [-0.39, 0.29) is 0 Å². The topological polar surface area (TPSA) is 35.1 Å². The van der Waals surface area contributed by atoms with Gasteiger partial charge >= 0.3 is 0 Å². The van der Waals surface area contributed by atoms with Gasteiger partial charge in [-0.2, -0.15) is 0 Å². The summed E-state index contributed by atoms with van der Waals surface area (Å²) in [4.78, 5) is 8.52. The fraction of sp³-hybridized carbons (Fsp3) is 0.111. The number of aromatic nitrogens is 4. The second kappa shape index (κ2) is 4.84. The number of benzene rings is 1. The van der Waals surface area contributed by atoms with Crippen LogP contribution < -0.4 is 0 Å². The molecule has 3 aromatic heterocycles. The smallest absolute Gasteiger partial charge is 0.110 e. The van der Waals surface area contributed by atoms with Gasteiger partial charge in [0.25, 0.3) is 0 Å². The molecule has 0 aliphatic heterocycles. The predicted octanol–water partition coefficient (Wildman–Crippen LogP) is 3.80. The van der Waals surface area contributed by atoms with Crippen molar-refractivity contribution in [3.05, 3.63) is 72.8 Å². The van der Waals surface area contributed by atoms with E-state index >= 15 is 0 Å². The number of pyridine rings is 1. The van der Waals surface area contributed by atoms with Crippen molar-refractivity contribution in [1.29, 1.82) is 0 Å².